The van der Waals surface area contributed by atoms with Gasteiger partial charge in [0.2, 0.25) is 0 Å². The lowest BCUT2D eigenvalue weighted by Gasteiger charge is -2.25. The minimum Gasteiger partial charge on any atom is -0.269 e. The third kappa shape index (κ3) is 3.89. The zero-order valence-corrected chi connectivity index (χ0v) is 13.6. The quantitative estimate of drug-likeness (QED) is 0.781. The predicted molar refractivity (Wildman–Crippen MR) is 86.3 cm³/mol. The Kier molecular flexibility index (Phi) is 4.89. The number of carbonyl (C=O) groups is 1. The van der Waals surface area contributed by atoms with Crippen LogP contribution in [0.25, 0.3) is 0 Å². The molecule has 11 heteroatoms. The zero-order valence-electron chi connectivity index (χ0n) is 11.9. The van der Waals surface area contributed by atoms with Crippen molar-refractivity contribution in [3.8, 4) is 0 Å². The summed E-state index contributed by atoms with van der Waals surface area (Å²) in [5.41, 5.74) is -0.621. The molecule has 0 saturated heterocycles. The highest BCUT2D eigenvalue weighted by molar-refractivity contribution is 7.90. The topological polar surface area (TPSA) is 132 Å². The first-order valence-electron chi connectivity index (χ1n) is 6.32. The summed E-state index contributed by atoms with van der Waals surface area (Å²) in [6, 6.07) is 11.5. The van der Waals surface area contributed by atoms with Gasteiger partial charge in [-0.3, -0.25) is 9.11 Å². The molecule has 2 N–H and O–H groups in total. The fraction of sp³-hybridized carbons (Fsp3) is 0. The van der Waals surface area contributed by atoms with Gasteiger partial charge in [-0.2, -0.15) is 25.4 Å². The average Bonchev–Trinajstić information content (AvgIpc) is 2.46. The van der Waals surface area contributed by atoms with Crippen LogP contribution in [0.15, 0.2) is 60.7 Å². The second-order valence-corrected chi connectivity index (χ2v) is 6.96. The third-order valence-corrected chi connectivity index (χ3v) is 4.45. The molecule has 9 nitrogen and oxygen atoms in total. The van der Waals surface area contributed by atoms with Gasteiger partial charge in [0, 0.05) is 0 Å². The lowest BCUT2D eigenvalue weighted by Crippen LogP contribution is -2.48. The van der Waals surface area contributed by atoms with Crippen molar-refractivity contribution in [2.45, 2.75) is 0 Å². The van der Waals surface area contributed by atoms with Crippen LogP contribution in [-0.4, -0.2) is 32.0 Å². The molecule has 0 fully saturated rings. The summed E-state index contributed by atoms with van der Waals surface area (Å²) in [4.78, 5) is 12.5. The van der Waals surface area contributed by atoms with E-state index < -0.39 is 26.6 Å². The monoisotopic (exact) mass is 372 g/mol. The van der Waals surface area contributed by atoms with Crippen molar-refractivity contribution in [2.24, 2.45) is 0 Å². The first kappa shape index (κ1) is 17.9. The molecule has 0 radical (unpaired) electrons. The van der Waals surface area contributed by atoms with Crippen LogP contribution in [0.5, 0.6) is 0 Å². The lowest BCUT2D eigenvalue weighted by atomic mass is 10.3. The number of rotatable bonds is 4. The maximum absolute atomic E-state index is 12.5. The molecule has 24 heavy (non-hydrogen) atoms. The van der Waals surface area contributed by atoms with Crippen LogP contribution < -0.4 is 8.61 Å². The van der Waals surface area contributed by atoms with Gasteiger partial charge >= 0.3 is 26.6 Å². The number of carbonyl (C=O) groups excluding carboxylic acids is 1. The highest BCUT2D eigenvalue weighted by atomic mass is 32.2. The molecule has 2 aromatic carbocycles. The van der Waals surface area contributed by atoms with Gasteiger partial charge in [0.05, 0.1) is 11.4 Å². The van der Waals surface area contributed by atoms with E-state index in [0.717, 1.165) is 0 Å². The molecule has 0 heterocycles. The van der Waals surface area contributed by atoms with Gasteiger partial charge in [0.15, 0.2) is 0 Å². The first-order valence-corrected chi connectivity index (χ1v) is 9.11. The highest BCUT2D eigenvalue weighted by Crippen LogP contribution is 2.24. The number of hydrogen-bond donors (Lipinski definition) is 2. The molecule has 0 aromatic heterocycles. The van der Waals surface area contributed by atoms with E-state index in [-0.39, 0.29) is 20.0 Å². The molecule has 2 amide bonds. The number of anilines is 2. The summed E-state index contributed by atoms with van der Waals surface area (Å²) in [5.74, 6) is 0. The number of urea groups is 1. The van der Waals surface area contributed by atoms with E-state index in [4.69, 9.17) is 0 Å². The van der Waals surface area contributed by atoms with Crippen LogP contribution in [0.2, 0.25) is 0 Å². The number of amides is 2. The van der Waals surface area contributed by atoms with Gasteiger partial charge in [0.25, 0.3) is 0 Å². The van der Waals surface area contributed by atoms with E-state index in [2.05, 4.69) is 0 Å². The molecule has 0 atom stereocenters. The Morgan fingerprint density at radius 1 is 0.667 bits per heavy atom. The van der Waals surface area contributed by atoms with Gasteiger partial charge in [0.1, 0.15) is 0 Å². The van der Waals surface area contributed by atoms with Crippen LogP contribution in [0.3, 0.4) is 0 Å². The standard InChI is InChI=1S/C13H12N2O7S2/c16-13(14(23(17,18)19)11-7-3-1-4-8-11)15(24(20,21)22)12-9-5-2-6-10-12/h1-10H,(H,17,18,19)(H,20,21,22). The van der Waals surface area contributed by atoms with E-state index >= 15 is 0 Å². The smallest absolute Gasteiger partial charge is 0.269 e. The van der Waals surface area contributed by atoms with Crippen molar-refractivity contribution < 1.29 is 30.7 Å². The van der Waals surface area contributed by atoms with Crippen molar-refractivity contribution in [1.29, 1.82) is 0 Å². The number of nitrogens with zero attached hydrogens (tertiary/aromatic N) is 2. The summed E-state index contributed by atoms with van der Waals surface area (Å²) >= 11 is 0. The van der Waals surface area contributed by atoms with Crippen LogP contribution in [0, 0.1) is 0 Å². The lowest BCUT2D eigenvalue weighted by molar-refractivity contribution is 0.256. The highest BCUT2D eigenvalue weighted by Gasteiger charge is 2.37. The number of benzene rings is 2. The average molecular weight is 372 g/mol. The van der Waals surface area contributed by atoms with Gasteiger partial charge in [-0.05, 0) is 24.3 Å². The maximum atomic E-state index is 12.5. The van der Waals surface area contributed by atoms with Crippen LogP contribution in [-0.2, 0) is 20.6 Å². The van der Waals surface area contributed by atoms with Gasteiger partial charge in [-0.1, -0.05) is 36.4 Å². The summed E-state index contributed by atoms with van der Waals surface area (Å²) in [6.07, 6.45) is 0. The molecular formula is C13H12N2O7S2. The Labute approximate surface area is 138 Å². The van der Waals surface area contributed by atoms with Gasteiger partial charge < -0.3 is 0 Å². The van der Waals surface area contributed by atoms with Crippen molar-refractivity contribution in [3.05, 3.63) is 60.7 Å². The minimum absolute atomic E-state index is 0.145. The summed E-state index contributed by atoms with van der Waals surface area (Å²) in [5, 5.41) is 0. The Balaban J connectivity index is 2.63. The molecule has 0 saturated carbocycles. The van der Waals surface area contributed by atoms with Crippen molar-refractivity contribution in [3.63, 3.8) is 0 Å². The van der Waals surface area contributed by atoms with Gasteiger partial charge in [-0.15, -0.1) is 0 Å². The van der Waals surface area contributed by atoms with Crippen molar-refractivity contribution >= 4 is 38.0 Å². The summed E-state index contributed by atoms with van der Waals surface area (Å²) < 4.78 is 64.8. The van der Waals surface area contributed by atoms with Crippen LogP contribution >= 0.6 is 0 Å². The molecule has 0 aliphatic rings. The van der Waals surface area contributed by atoms with E-state index in [0.29, 0.717) is 0 Å². The maximum Gasteiger partial charge on any atom is 0.368 e. The van der Waals surface area contributed by atoms with E-state index in [1.165, 1.54) is 60.7 Å². The van der Waals surface area contributed by atoms with E-state index in [1.807, 2.05) is 0 Å². The minimum atomic E-state index is -5.16. The zero-order chi connectivity index (χ0) is 18.0. The Hall–Kier alpha value is -2.47. The fourth-order valence-corrected chi connectivity index (χ4v) is 3.28. The van der Waals surface area contributed by atoms with Gasteiger partial charge in [-0.25, -0.2) is 4.79 Å². The molecule has 0 bridgehead atoms. The molecule has 0 unspecified atom stereocenters. The molecule has 128 valence electrons. The SMILES string of the molecule is O=C(N(c1ccccc1)S(=O)(=O)O)N(c1ccccc1)S(=O)(=O)O. The molecule has 2 rings (SSSR count). The van der Waals surface area contributed by atoms with E-state index in [9.17, 15) is 30.7 Å². The third-order valence-electron chi connectivity index (χ3n) is 2.79. The van der Waals surface area contributed by atoms with E-state index in [1.54, 1.807) is 0 Å². The number of para-hydroxylation sites is 2. The van der Waals surface area contributed by atoms with Crippen LogP contribution in [0.1, 0.15) is 0 Å². The van der Waals surface area contributed by atoms with Crippen molar-refractivity contribution in [1.82, 2.24) is 0 Å². The molecule has 0 spiro atoms. The van der Waals surface area contributed by atoms with Crippen LogP contribution in [0.4, 0.5) is 16.2 Å². The largest absolute Gasteiger partial charge is 0.368 e. The molecule has 0 aliphatic carbocycles. The number of hydrogen-bond acceptors (Lipinski definition) is 5. The normalized spacial score (nSPS) is 11.8. The first-order chi connectivity index (χ1) is 11.1. The Morgan fingerprint density at radius 3 is 1.21 bits per heavy atom. The molecular weight excluding hydrogens is 360 g/mol. The second-order valence-electron chi connectivity index (χ2n) is 4.44. The summed E-state index contributed by atoms with van der Waals surface area (Å²) in [7, 11) is -10.3. The predicted octanol–water partition coefficient (Wildman–Crippen LogP) is 1.73. The van der Waals surface area contributed by atoms with Crippen molar-refractivity contribution in [2.75, 3.05) is 8.61 Å². The summed E-state index contributed by atoms with van der Waals surface area (Å²) in [6.45, 7) is 0. The second kappa shape index (κ2) is 6.57. The fourth-order valence-electron chi connectivity index (χ4n) is 1.89. The molecule has 0 aliphatic heterocycles. The Bertz CT molecular complexity index is 851. The Morgan fingerprint density at radius 2 is 0.958 bits per heavy atom. The molecule has 2 aromatic rings.